The number of carbonyl (C=O) groups is 1. The molecule has 0 unspecified atom stereocenters. The molecule has 0 bridgehead atoms. The van der Waals surface area contributed by atoms with Gasteiger partial charge in [0.15, 0.2) is 0 Å². The van der Waals surface area contributed by atoms with E-state index in [1.165, 1.54) is 0 Å². The van der Waals surface area contributed by atoms with Crippen LogP contribution in [0.2, 0.25) is 0 Å². The maximum atomic E-state index is 12.3. The molecule has 1 aliphatic rings. The Morgan fingerprint density at radius 3 is 2.39 bits per heavy atom. The van der Waals surface area contributed by atoms with Crippen LogP contribution < -0.4 is 15.5 Å². The van der Waals surface area contributed by atoms with E-state index in [4.69, 9.17) is 9.97 Å². The first-order chi connectivity index (χ1) is 15.1. The summed E-state index contributed by atoms with van der Waals surface area (Å²) in [5.74, 6) is 2.17. The molecule has 3 aromatic rings. The number of fused-ring (bicyclic) bond motifs is 1. The van der Waals surface area contributed by atoms with Crippen molar-refractivity contribution >= 4 is 40.3 Å². The lowest BCUT2D eigenvalue weighted by atomic mass is 9.91. The number of carbonyl (C=O) groups excluding carboxylic acids is 1. The number of rotatable bonds is 7. The van der Waals surface area contributed by atoms with E-state index in [0.717, 1.165) is 47.3 Å². The fourth-order valence-electron chi connectivity index (χ4n) is 3.96. The topological polar surface area (TPSA) is 70.2 Å². The van der Waals surface area contributed by atoms with Crippen molar-refractivity contribution in [3.8, 4) is 0 Å². The molecule has 1 heterocycles. The second-order valence-corrected chi connectivity index (χ2v) is 9.19. The third kappa shape index (κ3) is 5.67. The maximum absolute atomic E-state index is 12.3. The molecular weight excluding hydrogens is 406 g/mol. The maximum Gasteiger partial charge on any atom is 0.230 e. The molecule has 1 saturated carbocycles. The van der Waals surface area contributed by atoms with E-state index in [1.54, 1.807) is 11.8 Å². The molecule has 0 spiro atoms. The largest absolute Gasteiger partial charge is 0.362 e. The van der Waals surface area contributed by atoms with Gasteiger partial charge in [0.05, 0.1) is 11.3 Å². The molecule has 1 amide bonds. The monoisotopic (exact) mass is 435 g/mol. The first-order valence-electron chi connectivity index (χ1n) is 10.8. The van der Waals surface area contributed by atoms with E-state index >= 15 is 0 Å². The van der Waals surface area contributed by atoms with Crippen molar-refractivity contribution in [2.24, 2.45) is 0 Å². The van der Waals surface area contributed by atoms with Gasteiger partial charge in [-0.3, -0.25) is 4.79 Å². The molecule has 2 N–H and O–H groups in total. The predicted molar refractivity (Wildman–Crippen MR) is 129 cm³/mol. The van der Waals surface area contributed by atoms with Gasteiger partial charge in [0, 0.05) is 36.5 Å². The lowest BCUT2D eigenvalue weighted by Gasteiger charge is -2.30. The summed E-state index contributed by atoms with van der Waals surface area (Å²) < 4.78 is 0. The molecule has 0 radical (unpaired) electrons. The number of nitrogens with zero attached hydrogens (tertiary/aromatic N) is 3. The molecule has 162 valence electrons. The number of hydrogen-bond donors (Lipinski definition) is 2. The fourth-order valence-corrected chi connectivity index (χ4v) is 4.70. The summed E-state index contributed by atoms with van der Waals surface area (Å²) in [7, 11) is 4.01. The number of para-hydroxylation sites is 1. The van der Waals surface area contributed by atoms with Crippen LogP contribution in [0.15, 0.2) is 59.5 Å². The zero-order chi connectivity index (χ0) is 21.6. The van der Waals surface area contributed by atoms with Gasteiger partial charge in [-0.1, -0.05) is 30.3 Å². The van der Waals surface area contributed by atoms with E-state index in [9.17, 15) is 4.79 Å². The lowest BCUT2D eigenvalue weighted by Crippen LogP contribution is -2.41. The van der Waals surface area contributed by atoms with Crippen LogP contribution in [0, 0.1) is 0 Å². The van der Waals surface area contributed by atoms with E-state index in [0.29, 0.717) is 17.7 Å². The number of aromatic nitrogens is 2. The SMILES string of the molecule is CN(C)c1nc(N[C@H]2CC[C@@H](NC(=O)CSc3ccccc3)CC2)nc2ccccc12. The van der Waals surface area contributed by atoms with Gasteiger partial charge >= 0.3 is 0 Å². The normalized spacial score (nSPS) is 18.5. The van der Waals surface area contributed by atoms with Gasteiger partial charge in [0.1, 0.15) is 5.82 Å². The van der Waals surface area contributed by atoms with Crippen LogP contribution in [0.4, 0.5) is 11.8 Å². The van der Waals surface area contributed by atoms with Crippen LogP contribution in [0.1, 0.15) is 25.7 Å². The minimum absolute atomic E-state index is 0.110. The number of nitrogens with one attached hydrogen (secondary N) is 2. The minimum Gasteiger partial charge on any atom is -0.362 e. The molecule has 7 heteroatoms. The van der Waals surface area contributed by atoms with E-state index < -0.39 is 0 Å². The Bertz CT molecular complexity index is 1020. The van der Waals surface area contributed by atoms with E-state index in [2.05, 4.69) is 16.7 Å². The number of hydrogen-bond acceptors (Lipinski definition) is 6. The summed E-state index contributed by atoms with van der Waals surface area (Å²) in [6.45, 7) is 0. The predicted octanol–water partition coefficient (Wildman–Crippen LogP) is 4.33. The van der Waals surface area contributed by atoms with Crippen LogP contribution in [-0.2, 0) is 4.79 Å². The molecule has 0 atom stereocenters. The Hall–Kier alpha value is -2.80. The van der Waals surface area contributed by atoms with E-state index in [-0.39, 0.29) is 11.9 Å². The third-order valence-corrected chi connectivity index (χ3v) is 6.56. The van der Waals surface area contributed by atoms with Crippen molar-refractivity contribution < 1.29 is 4.79 Å². The molecule has 4 rings (SSSR count). The van der Waals surface area contributed by atoms with Gasteiger partial charge in [-0.15, -0.1) is 11.8 Å². The number of benzene rings is 2. The Kier molecular flexibility index (Phi) is 6.92. The number of anilines is 2. The summed E-state index contributed by atoms with van der Waals surface area (Å²) in [5, 5.41) is 7.77. The second-order valence-electron chi connectivity index (χ2n) is 8.14. The Morgan fingerprint density at radius 2 is 1.65 bits per heavy atom. The molecule has 1 aromatic heterocycles. The second kappa shape index (κ2) is 10.0. The first-order valence-corrected chi connectivity index (χ1v) is 11.7. The minimum atomic E-state index is 0.110. The average molecular weight is 436 g/mol. The molecule has 2 aromatic carbocycles. The number of amides is 1. The fraction of sp³-hybridized carbons (Fsp3) is 0.375. The van der Waals surface area contributed by atoms with Gasteiger partial charge in [-0.25, -0.2) is 4.98 Å². The van der Waals surface area contributed by atoms with Gasteiger partial charge < -0.3 is 15.5 Å². The highest BCUT2D eigenvalue weighted by molar-refractivity contribution is 8.00. The highest BCUT2D eigenvalue weighted by Crippen LogP contribution is 2.26. The molecule has 0 aliphatic heterocycles. The Morgan fingerprint density at radius 1 is 0.968 bits per heavy atom. The summed E-state index contributed by atoms with van der Waals surface area (Å²) >= 11 is 1.58. The molecule has 0 saturated heterocycles. The smallest absolute Gasteiger partial charge is 0.230 e. The van der Waals surface area contributed by atoms with Crippen LogP contribution in [0.5, 0.6) is 0 Å². The zero-order valence-electron chi connectivity index (χ0n) is 18.0. The quantitative estimate of drug-likeness (QED) is 0.539. The van der Waals surface area contributed by atoms with E-state index in [1.807, 2.05) is 67.5 Å². The van der Waals surface area contributed by atoms with Crippen LogP contribution in [0.25, 0.3) is 10.9 Å². The number of thioether (sulfide) groups is 1. The zero-order valence-corrected chi connectivity index (χ0v) is 18.9. The highest BCUT2D eigenvalue weighted by Gasteiger charge is 2.23. The molecular formula is C24H29N5OS. The van der Waals surface area contributed by atoms with Crippen LogP contribution >= 0.6 is 11.8 Å². The van der Waals surface area contributed by atoms with Crippen molar-refractivity contribution in [1.82, 2.24) is 15.3 Å². The standard InChI is InChI=1S/C24H29N5OS/c1-29(2)23-20-10-6-7-11-21(20)27-24(28-23)26-18-14-12-17(13-15-18)25-22(30)16-31-19-8-4-3-5-9-19/h3-11,17-18H,12-16H2,1-2H3,(H,25,30)(H,26,27,28)/t17-,18+. The Labute approximate surface area is 187 Å². The van der Waals surface area contributed by atoms with Gasteiger partial charge in [-0.2, -0.15) is 4.98 Å². The van der Waals surface area contributed by atoms with Crippen molar-refractivity contribution in [1.29, 1.82) is 0 Å². The van der Waals surface area contributed by atoms with Crippen molar-refractivity contribution in [2.75, 3.05) is 30.1 Å². The lowest BCUT2D eigenvalue weighted by molar-refractivity contribution is -0.119. The molecule has 1 aliphatic carbocycles. The Balaban J connectivity index is 1.29. The van der Waals surface area contributed by atoms with Crippen LogP contribution in [-0.4, -0.2) is 47.8 Å². The average Bonchev–Trinajstić information content (AvgIpc) is 2.79. The molecule has 6 nitrogen and oxygen atoms in total. The summed E-state index contributed by atoms with van der Waals surface area (Å²) in [6, 6.07) is 18.7. The van der Waals surface area contributed by atoms with Crippen LogP contribution in [0.3, 0.4) is 0 Å². The molecule has 1 fully saturated rings. The summed E-state index contributed by atoms with van der Waals surface area (Å²) in [6.07, 6.45) is 3.91. The van der Waals surface area contributed by atoms with Crippen molar-refractivity contribution in [3.05, 3.63) is 54.6 Å². The summed E-state index contributed by atoms with van der Waals surface area (Å²) in [4.78, 5) is 24.9. The van der Waals surface area contributed by atoms with Gasteiger partial charge in [-0.05, 0) is 49.9 Å². The molecule has 31 heavy (non-hydrogen) atoms. The van der Waals surface area contributed by atoms with Gasteiger partial charge in [0.25, 0.3) is 0 Å². The van der Waals surface area contributed by atoms with Gasteiger partial charge in [0.2, 0.25) is 11.9 Å². The van der Waals surface area contributed by atoms with Crippen molar-refractivity contribution in [3.63, 3.8) is 0 Å². The summed E-state index contributed by atoms with van der Waals surface area (Å²) in [5.41, 5.74) is 0.945. The van der Waals surface area contributed by atoms with Crippen molar-refractivity contribution in [2.45, 2.75) is 42.7 Å². The third-order valence-electron chi connectivity index (χ3n) is 5.55. The first kappa shape index (κ1) is 21.4. The highest BCUT2D eigenvalue weighted by atomic mass is 32.2.